The highest BCUT2D eigenvalue weighted by Crippen LogP contribution is 2.40. The highest BCUT2D eigenvalue weighted by Gasteiger charge is 2.50. The van der Waals surface area contributed by atoms with Crippen molar-refractivity contribution in [2.24, 2.45) is 5.92 Å². The second-order valence-corrected chi connectivity index (χ2v) is 10.2. The van der Waals surface area contributed by atoms with Crippen LogP contribution in [-0.2, 0) is 20.7 Å². The summed E-state index contributed by atoms with van der Waals surface area (Å²) in [6.45, 7) is 0. The lowest BCUT2D eigenvalue weighted by Crippen LogP contribution is -2.68. The van der Waals surface area contributed by atoms with Crippen LogP contribution < -0.4 is 10.6 Å². The maximum absolute atomic E-state index is 13.2. The molecule has 192 valence electrons. The molecule has 2 N–H and O–H groups in total. The van der Waals surface area contributed by atoms with Crippen LogP contribution in [-0.4, -0.2) is 60.0 Å². The summed E-state index contributed by atoms with van der Waals surface area (Å²) in [6, 6.07) is 6.40. The van der Waals surface area contributed by atoms with E-state index in [9.17, 15) is 14.4 Å². The van der Waals surface area contributed by atoms with E-state index in [2.05, 4.69) is 20.5 Å². The molecule has 1 aromatic carbocycles. The molecule has 4 rings (SSSR count). The number of rotatable bonds is 7. The smallest absolute Gasteiger partial charge is 0.328 e. The Kier molecular flexibility index (Phi) is 8.49. The van der Waals surface area contributed by atoms with E-state index in [4.69, 9.17) is 27.9 Å². The summed E-state index contributed by atoms with van der Waals surface area (Å²) in [6.07, 6.45) is 8.67. The second-order valence-electron chi connectivity index (χ2n) is 9.40. The van der Waals surface area contributed by atoms with E-state index in [1.165, 1.54) is 32.3 Å². The minimum atomic E-state index is -0.810. The number of ether oxygens (including phenoxy) is 1. The predicted molar refractivity (Wildman–Crippen MR) is 138 cm³/mol. The first kappa shape index (κ1) is 26.4. The van der Waals surface area contributed by atoms with Crippen molar-refractivity contribution in [3.8, 4) is 0 Å². The molecule has 2 fully saturated rings. The number of nitrogens with zero attached hydrogens (tertiary/aromatic N) is 2. The van der Waals surface area contributed by atoms with Crippen LogP contribution in [0.25, 0.3) is 0 Å². The molecule has 0 spiro atoms. The molecule has 2 amide bonds. The molecule has 1 aliphatic heterocycles. The quantitative estimate of drug-likeness (QED) is 0.520. The van der Waals surface area contributed by atoms with Gasteiger partial charge in [0.25, 0.3) is 5.91 Å². The van der Waals surface area contributed by atoms with Gasteiger partial charge in [0.1, 0.15) is 6.04 Å². The number of likely N-dealkylation sites (tertiary alicyclic amines) is 1. The molecule has 10 heteroatoms. The van der Waals surface area contributed by atoms with Gasteiger partial charge in [-0.1, -0.05) is 54.6 Å². The van der Waals surface area contributed by atoms with Crippen molar-refractivity contribution in [3.63, 3.8) is 0 Å². The van der Waals surface area contributed by atoms with Crippen LogP contribution in [0, 0.1) is 5.92 Å². The van der Waals surface area contributed by atoms with Crippen LogP contribution >= 0.6 is 23.2 Å². The third-order valence-electron chi connectivity index (χ3n) is 7.20. The van der Waals surface area contributed by atoms with Crippen LogP contribution in [0.2, 0.25) is 10.0 Å². The summed E-state index contributed by atoms with van der Waals surface area (Å²) < 4.78 is 4.96. The molecular weight excluding hydrogens is 503 g/mol. The summed E-state index contributed by atoms with van der Waals surface area (Å²) >= 11 is 12.1. The van der Waals surface area contributed by atoms with Gasteiger partial charge in [-0.25, -0.2) is 4.79 Å². The number of halogens is 2. The number of nitrogens with one attached hydrogen (secondary N) is 2. The van der Waals surface area contributed by atoms with Gasteiger partial charge in [0.15, 0.2) is 0 Å². The SMILES string of the molecule is COC(=O)[C@H](Cc1ccc(NC(=O)c2c(Cl)cncc2Cl)cc1)NC(=O)[C@@H]1C2CCCCCC2N1C. The van der Waals surface area contributed by atoms with Gasteiger partial charge in [-0.15, -0.1) is 0 Å². The summed E-state index contributed by atoms with van der Waals surface area (Å²) in [5.41, 5.74) is 1.47. The molecule has 4 atom stereocenters. The number of anilines is 1. The number of carbonyl (C=O) groups excluding carboxylic acids is 3. The van der Waals surface area contributed by atoms with Crippen molar-refractivity contribution < 1.29 is 19.1 Å². The van der Waals surface area contributed by atoms with Crippen LogP contribution in [0.1, 0.15) is 48.0 Å². The number of methoxy groups -OCH3 is 1. The number of hydrogen-bond donors (Lipinski definition) is 2. The number of likely N-dealkylation sites (N-methyl/N-ethyl adjacent to an activating group) is 1. The molecule has 2 aliphatic rings. The first-order valence-electron chi connectivity index (χ1n) is 12.1. The summed E-state index contributed by atoms with van der Waals surface area (Å²) in [5, 5.41) is 5.98. The fourth-order valence-electron chi connectivity index (χ4n) is 5.35. The standard InChI is InChI=1S/C26H30Cl2N4O4/c1-32-21-7-5-3-4-6-17(21)23(32)25(34)31-20(26(35)36-2)12-15-8-10-16(11-9-15)30-24(33)22-18(27)13-29-14-19(22)28/h8-11,13-14,17,20-21,23H,3-7,12H2,1-2H3,(H,30,33)(H,31,34)/t17?,20-,21?,23-/m0/s1. The van der Waals surface area contributed by atoms with Gasteiger partial charge >= 0.3 is 5.97 Å². The molecule has 2 heterocycles. The van der Waals surface area contributed by atoms with Gasteiger partial charge in [-0.05, 0) is 43.5 Å². The number of aromatic nitrogens is 1. The lowest BCUT2D eigenvalue weighted by molar-refractivity contribution is -0.150. The fourth-order valence-corrected chi connectivity index (χ4v) is 5.89. The Morgan fingerprint density at radius 2 is 1.75 bits per heavy atom. The molecule has 0 radical (unpaired) electrons. The molecular formula is C26H30Cl2N4O4. The van der Waals surface area contributed by atoms with E-state index in [1.807, 2.05) is 7.05 Å². The summed E-state index contributed by atoms with van der Waals surface area (Å²) in [5.74, 6) is -0.754. The largest absolute Gasteiger partial charge is 0.467 e. The number of amides is 2. The Morgan fingerprint density at radius 1 is 1.08 bits per heavy atom. The molecule has 36 heavy (non-hydrogen) atoms. The third kappa shape index (κ3) is 5.66. The highest BCUT2D eigenvalue weighted by molar-refractivity contribution is 6.40. The van der Waals surface area contributed by atoms with Crippen molar-refractivity contribution in [1.82, 2.24) is 15.2 Å². The van der Waals surface area contributed by atoms with E-state index in [-0.39, 0.29) is 34.0 Å². The van der Waals surface area contributed by atoms with Crippen molar-refractivity contribution >= 4 is 46.7 Å². The van der Waals surface area contributed by atoms with Gasteiger partial charge in [-0.2, -0.15) is 0 Å². The fraction of sp³-hybridized carbons (Fsp3) is 0.462. The molecule has 1 saturated carbocycles. The van der Waals surface area contributed by atoms with E-state index < -0.39 is 17.9 Å². The van der Waals surface area contributed by atoms with Crippen LogP contribution in [0.3, 0.4) is 0 Å². The zero-order valence-electron chi connectivity index (χ0n) is 20.3. The van der Waals surface area contributed by atoms with Crippen molar-refractivity contribution in [3.05, 3.63) is 57.8 Å². The molecule has 1 saturated heterocycles. The molecule has 2 unspecified atom stereocenters. The second kappa shape index (κ2) is 11.6. The minimum Gasteiger partial charge on any atom is -0.467 e. The van der Waals surface area contributed by atoms with Gasteiger partial charge < -0.3 is 15.4 Å². The third-order valence-corrected chi connectivity index (χ3v) is 7.78. The Bertz CT molecular complexity index is 1110. The number of pyridine rings is 1. The van der Waals surface area contributed by atoms with Gasteiger partial charge in [0.05, 0.1) is 28.8 Å². The zero-order chi connectivity index (χ0) is 25.8. The monoisotopic (exact) mass is 532 g/mol. The van der Waals surface area contributed by atoms with Crippen LogP contribution in [0.5, 0.6) is 0 Å². The summed E-state index contributed by atoms with van der Waals surface area (Å²) in [4.78, 5) is 44.2. The normalized spacial score (nSPS) is 22.4. The number of esters is 1. The van der Waals surface area contributed by atoms with Crippen molar-refractivity contribution in [2.45, 2.75) is 56.7 Å². The summed E-state index contributed by atoms with van der Waals surface area (Å²) in [7, 11) is 3.30. The Hall–Kier alpha value is -2.68. The minimum absolute atomic E-state index is 0.133. The molecule has 1 aromatic heterocycles. The maximum Gasteiger partial charge on any atom is 0.328 e. The van der Waals surface area contributed by atoms with E-state index in [1.54, 1.807) is 24.3 Å². The highest BCUT2D eigenvalue weighted by atomic mass is 35.5. The first-order valence-corrected chi connectivity index (χ1v) is 12.8. The zero-order valence-corrected chi connectivity index (χ0v) is 21.8. The average molecular weight is 533 g/mol. The van der Waals surface area contributed by atoms with Gasteiger partial charge in [0.2, 0.25) is 5.91 Å². The number of carbonyl (C=O) groups is 3. The molecule has 8 nitrogen and oxygen atoms in total. The first-order chi connectivity index (χ1) is 17.3. The Balaban J connectivity index is 1.40. The lowest BCUT2D eigenvalue weighted by atomic mass is 9.76. The number of benzene rings is 1. The van der Waals surface area contributed by atoms with Crippen LogP contribution in [0.4, 0.5) is 5.69 Å². The van der Waals surface area contributed by atoms with Gasteiger partial charge in [0, 0.05) is 30.5 Å². The van der Waals surface area contributed by atoms with E-state index in [0.717, 1.165) is 24.8 Å². The lowest BCUT2D eigenvalue weighted by Gasteiger charge is -2.52. The topological polar surface area (TPSA) is 101 Å². The Morgan fingerprint density at radius 3 is 2.42 bits per heavy atom. The van der Waals surface area contributed by atoms with Crippen LogP contribution in [0.15, 0.2) is 36.7 Å². The van der Waals surface area contributed by atoms with Crippen molar-refractivity contribution in [1.29, 1.82) is 0 Å². The Labute approximate surface area is 220 Å². The number of hydrogen-bond acceptors (Lipinski definition) is 6. The molecule has 1 aliphatic carbocycles. The molecule has 2 aromatic rings. The van der Waals surface area contributed by atoms with E-state index >= 15 is 0 Å². The van der Waals surface area contributed by atoms with Gasteiger partial charge in [-0.3, -0.25) is 19.5 Å². The van der Waals surface area contributed by atoms with E-state index in [0.29, 0.717) is 17.6 Å². The predicted octanol–water partition coefficient (Wildman–Crippen LogP) is 4.10. The van der Waals surface area contributed by atoms with Crippen molar-refractivity contribution in [2.75, 3.05) is 19.5 Å². The average Bonchev–Trinajstić information content (AvgIpc) is 3.06. The maximum atomic E-state index is 13.2. The number of fused-ring (bicyclic) bond motifs is 1. The molecule has 0 bridgehead atoms.